The number of anilines is 2. The molecule has 0 fully saturated rings. The molecule has 3 N–H and O–H groups in total. The van der Waals surface area contributed by atoms with E-state index in [9.17, 15) is 23.1 Å². The van der Waals surface area contributed by atoms with Gasteiger partial charge < -0.3 is 15.7 Å². The van der Waals surface area contributed by atoms with Crippen molar-refractivity contribution in [1.29, 1.82) is 0 Å². The van der Waals surface area contributed by atoms with E-state index in [1.807, 2.05) is 0 Å². The van der Waals surface area contributed by atoms with Gasteiger partial charge in [-0.25, -0.2) is 4.79 Å². The van der Waals surface area contributed by atoms with E-state index >= 15 is 0 Å². The number of carbonyl (C=O) groups is 1. The second-order valence-electron chi connectivity index (χ2n) is 4.38. The average Bonchev–Trinajstić information content (AvgIpc) is 2.45. The second kappa shape index (κ2) is 6.55. The van der Waals surface area contributed by atoms with Crippen LogP contribution in [0.4, 0.5) is 29.3 Å². The summed E-state index contributed by atoms with van der Waals surface area (Å²) in [5.41, 5.74) is -1.48. The lowest BCUT2D eigenvalue weighted by atomic mass is 10.1. The molecule has 2 aromatic rings. The zero-order valence-electron chi connectivity index (χ0n) is 11.2. The van der Waals surface area contributed by atoms with Crippen LogP contribution in [0, 0.1) is 0 Å². The van der Waals surface area contributed by atoms with Crippen molar-refractivity contribution in [3.05, 3.63) is 52.0 Å². The zero-order valence-corrected chi connectivity index (χ0v) is 12.7. The van der Waals surface area contributed by atoms with Crippen molar-refractivity contribution in [2.45, 2.75) is 6.18 Å². The number of rotatable bonds is 2. The van der Waals surface area contributed by atoms with E-state index in [2.05, 4.69) is 10.6 Å². The molecule has 23 heavy (non-hydrogen) atoms. The lowest BCUT2D eigenvalue weighted by Gasteiger charge is -2.14. The van der Waals surface area contributed by atoms with Crippen molar-refractivity contribution in [3.8, 4) is 5.75 Å². The van der Waals surface area contributed by atoms with Gasteiger partial charge in [0, 0.05) is 0 Å². The molecule has 4 nitrogen and oxygen atoms in total. The maximum Gasteiger partial charge on any atom is 0.420 e. The van der Waals surface area contributed by atoms with E-state index in [-0.39, 0.29) is 15.7 Å². The Morgan fingerprint density at radius 1 is 1.00 bits per heavy atom. The Labute approximate surface area is 138 Å². The van der Waals surface area contributed by atoms with Gasteiger partial charge in [-0.1, -0.05) is 35.3 Å². The molecule has 0 aliphatic carbocycles. The van der Waals surface area contributed by atoms with Gasteiger partial charge in [0.1, 0.15) is 0 Å². The number of hydrogen-bond acceptors (Lipinski definition) is 2. The molecule has 0 radical (unpaired) electrons. The summed E-state index contributed by atoms with van der Waals surface area (Å²) in [4.78, 5) is 11.8. The highest BCUT2D eigenvalue weighted by Crippen LogP contribution is 2.39. The third-order valence-corrected chi connectivity index (χ3v) is 3.61. The minimum atomic E-state index is -4.74. The number of phenols is 1. The smallest absolute Gasteiger partial charge is 0.420 e. The highest BCUT2D eigenvalue weighted by atomic mass is 35.5. The summed E-state index contributed by atoms with van der Waals surface area (Å²) in [6, 6.07) is 6.50. The van der Waals surface area contributed by atoms with E-state index < -0.39 is 29.2 Å². The Bertz CT molecular complexity index is 751. The Kier molecular flexibility index (Phi) is 4.91. The van der Waals surface area contributed by atoms with Crippen LogP contribution in [0.25, 0.3) is 0 Å². The fourth-order valence-electron chi connectivity index (χ4n) is 1.75. The van der Waals surface area contributed by atoms with Crippen molar-refractivity contribution in [1.82, 2.24) is 0 Å². The van der Waals surface area contributed by atoms with Gasteiger partial charge in [-0.15, -0.1) is 0 Å². The van der Waals surface area contributed by atoms with Crippen LogP contribution >= 0.6 is 23.2 Å². The van der Waals surface area contributed by atoms with Gasteiger partial charge in [0.05, 0.1) is 27.0 Å². The first-order chi connectivity index (χ1) is 10.7. The predicted octanol–water partition coefficient (Wildman–Crippen LogP) is 5.36. The molecule has 0 unspecified atom stereocenters. The zero-order chi connectivity index (χ0) is 17.2. The summed E-state index contributed by atoms with van der Waals surface area (Å²) in [5.74, 6) is -1.08. The Morgan fingerprint density at radius 3 is 2.22 bits per heavy atom. The fourth-order valence-corrected chi connectivity index (χ4v) is 2.10. The fraction of sp³-hybridized carbons (Fsp3) is 0.0714. The molecule has 0 atom stereocenters. The molecule has 0 spiro atoms. The molecule has 0 bridgehead atoms. The van der Waals surface area contributed by atoms with Gasteiger partial charge in [-0.05, 0) is 24.3 Å². The van der Waals surface area contributed by atoms with E-state index in [0.717, 1.165) is 12.1 Å². The normalized spacial score (nSPS) is 11.2. The highest BCUT2D eigenvalue weighted by molar-refractivity contribution is 6.44. The molecule has 0 aliphatic rings. The van der Waals surface area contributed by atoms with Crippen LogP contribution < -0.4 is 10.6 Å². The van der Waals surface area contributed by atoms with Gasteiger partial charge in [-0.2, -0.15) is 13.2 Å². The van der Waals surface area contributed by atoms with Crippen LogP contribution in [0.2, 0.25) is 10.0 Å². The predicted molar refractivity (Wildman–Crippen MR) is 82.2 cm³/mol. The number of nitrogens with one attached hydrogen (secondary N) is 2. The third-order valence-electron chi connectivity index (χ3n) is 2.79. The average molecular weight is 365 g/mol. The largest absolute Gasteiger partial charge is 0.505 e. The van der Waals surface area contributed by atoms with Gasteiger partial charge >= 0.3 is 12.2 Å². The summed E-state index contributed by atoms with van der Waals surface area (Å²) in [6.45, 7) is 0. The third kappa shape index (κ3) is 4.00. The van der Waals surface area contributed by atoms with Crippen LogP contribution in [0.3, 0.4) is 0 Å². The number of phenolic OH excluding ortho intramolecular Hbond substituents is 1. The van der Waals surface area contributed by atoms with Crippen molar-refractivity contribution < 1.29 is 23.1 Å². The number of urea groups is 1. The number of amides is 2. The van der Waals surface area contributed by atoms with Crippen molar-refractivity contribution in [3.63, 3.8) is 0 Å². The Hall–Kier alpha value is -2.12. The monoisotopic (exact) mass is 364 g/mol. The lowest BCUT2D eigenvalue weighted by Crippen LogP contribution is -2.20. The number of halogens is 5. The number of carbonyl (C=O) groups excluding carboxylic acids is 1. The van der Waals surface area contributed by atoms with Crippen molar-refractivity contribution in [2.24, 2.45) is 0 Å². The molecule has 2 rings (SSSR count). The summed E-state index contributed by atoms with van der Waals surface area (Å²) in [7, 11) is 0. The summed E-state index contributed by atoms with van der Waals surface area (Å²) < 4.78 is 38.1. The Balaban J connectivity index is 2.20. The van der Waals surface area contributed by atoms with Crippen LogP contribution in [0.15, 0.2) is 36.4 Å². The van der Waals surface area contributed by atoms with E-state index in [0.29, 0.717) is 6.07 Å². The van der Waals surface area contributed by atoms with Gasteiger partial charge in [0.25, 0.3) is 0 Å². The maximum atomic E-state index is 12.7. The SMILES string of the molecule is O=C(Nc1cccc(C(F)(F)F)c1O)Nc1cccc(Cl)c1Cl. The summed E-state index contributed by atoms with van der Waals surface area (Å²) >= 11 is 11.7. The molecule has 0 heterocycles. The van der Waals surface area contributed by atoms with Gasteiger partial charge in [-0.3, -0.25) is 0 Å². The maximum absolute atomic E-state index is 12.7. The molecule has 2 aromatic carbocycles. The number of alkyl halides is 3. The van der Waals surface area contributed by atoms with Crippen LogP contribution in [0.1, 0.15) is 5.56 Å². The van der Waals surface area contributed by atoms with Crippen LogP contribution in [-0.2, 0) is 6.18 Å². The molecule has 0 saturated heterocycles. The van der Waals surface area contributed by atoms with E-state index in [1.54, 1.807) is 0 Å². The van der Waals surface area contributed by atoms with Gasteiger partial charge in [0.2, 0.25) is 0 Å². The van der Waals surface area contributed by atoms with Crippen molar-refractivity contribution in [2.75, 3.05) is 10.6 Å². The molecule has 0 aromatic heterocycles. The first-order valence-corrected chi connectivity index (χ1v) is 6.87. The summed E-state index contributed by atoms with van der Waals surface area (Å²) in [5, 5.41) is 14.4. The van der Waals surface area contributed by atoms with Crippen LogP contribution in [0.5, 0.6) is 5.75 Å². The first kappa shape index (κ1) is 17.2. The van der Waals surface area contributed by atoms with E-state index in [1.165, 1.54) is 18.2 Å². The lowest BCUT2D eigenvalue weighted by molar-refractivity contribution is -0.138. The van der Waals surface area contributed by atoms with E-state index in [4.69, 9.17) is 23.2 Å². The van der Waals surface area contributed by atoms with Crippen molar-refractivity contribution >= 4 is 40.6 Å². The number of benzene rings is 2. The van der Waals surface area contributed by atoms with Crippen LogP contribution in [-0.4, -0.2) is 11.1 Å². The second-order valence-corrected chi connectivity index (χ2v) is 5.17. The molecule has 2 amide bonds. The Morgan fingerprint density at radius 2 is 1.57 bits per heavy atom. The molecular formula is C14H9Cl2F3N2O2. The number of aromatic hydroxyl groups is 1. The molecule has 122 valence electrons. The number of para-hydroxylation sites is 1. The minimum Gasteiger partial charge on any atom is -0.505 e. The summed E-state index contributed by atoms with van der Waals surface area (Å²) in [6.07, 6.45) is -4.74. The first-order valence-electron chi connectivity index (χ1n) is 6.11. The topological polar surface area (TPSA) is 61.4 Å². The van der Waals surface area contributed by atoms with Gasteiger partial charge in [0.15, 0.2) is 5.75 Å². The molecular weight excluding hydrogens is 356 g/mol. The molecule has 9 heteroatoms. The quantitative estimate of drug-likeness (QED) is 0.628. The highest BCUT2D eigenvalue weighted by Gasteiger charge is 2.34. The molecule has 0 aliphatic heterocycles. The molecule has 0 saturated carbocycles. The minimum absolute atomic E-state index is 0.0811. The number of hydrogen-bond donors (Lipinski definition) is 3. The standard InChI is InChI=1S/C14H9Cl2F3N2O2/c15-8-4-2-5-9(11(8)16)20-13(23)21-10-6-1-3-7(12(10)22)14(17,18)19/h1-6,22H,(H2,20,21,23).